The zero-order valence-electron chi connectivity index (χ0n) is 8.87. The van der Waals surface area contributed by atoms with Gasteiger partial charge in [-0.1, -0.05) is 0 Å². The first-order valence-electron chi connectivity index (χ1n) is 4.84. The topological polar surface area (TPSA) is 95.5 Å². The Morgan fingerprint density at radius 2 is 2.35 bits per heavy atom. The van der Waals surface area contributed by atoms with Crippen molar-refractivity contribution in [2.45, 2.75) is 6.92 Å². The van der Waals surface area contributed by atoms with Crippen LogP contribution < -0.4 is 0 Å². The van der Waals surface area contributed by atoms with Crippen LogP contribution in [0.5, 0.6) is 0 Å². The second-order valence-corrected chi connectivity index (χ2v) is 3.15. The highest BCUT2D eigenvalue weighted by molar-refractivity contribution is 5.88. The molecule has 0 radical (unpaired) electrons. The first kappa shape index (κ1) is 11.1. The first-order valence-corrected chi connectivity index (χ1v) is 4.84. The molecule has 2 aromatic rings. The van der Waals surface area contributed by atoms with Gasteiger partial charge >= 0.3 is 11.9 Å². The Kier molecular flexibility index (Phi) is 2.73. The Hall–Kier alpha value is -2.44. The summed E-state index contributed by atoms with van der Waals surface area (Å²) < 4.78 is 9.79. The van der Waals surface area contributed by atoms with E-state index in [1.807, 2.05) is 0 Å². The van der Waals surface area contributed by atoms with Crippen molar-refractivity contribution in [1.82, 2.24) is 4.98 Å². The number of esters is 1. The number of carbonyl (C=O) groups is 1. The maximum Gasteiger partial charge on any atom is 0.394 e. The van der Waals surface area contributed by atoms with Crippen molar-refractivity contribution in [2.24, 2.45) is 0 Å². The maximum atomic E-state index is 11.3. The lowest BCUT2D eigenvalue weighted by Gasteiger charge is -1.94. The summed E-state index contributed by atoms with van der Waals surface area (Å²) >= 11 is 0. The summed E-state index contributed by atoms with van der Waals surface area (Å²) in [6.07, 6.45) is 0. The molecule has 0 spiro atoms. The number of fused-ring (bicyclic) bond motifs is 1. The number of nitro benzene ring substituents is 1. The maximum absolute atomic E-state index is 11.3. The van der Waals surface area contributed by atoms with Crippen LogP contribution in [0.3, 0.4) is 0 Å². The van der Waals surface area contributed by atoms with Crippen LogP contribution in [-0.2, 0) is 4.74 Å². The average Bonchev–Trinajstić information content (AvgIpc) is 2.71. The molecule has 0 amide bonds. The lowest BCUT2D eigenvalue weighted by atomic mass is 10.3. The van der Waals surface area contributed by atoms with Gasteiger partial charge in [0.25, 0.3) is 5.69 Å². The predicted molar refractivity (Wildman–Crippen MR) is 56.6 cm³/mol. The number of aromatic nitrogens is 1. The molecule has 17 heavy (non-hydrogen) atoms. The van der Waals surface area contributed by atoms with Crippen molar-refractivity contribution in [3.05, 3.63) is 34.2 Å². The fourth-order valence-electron chi connectivity index (χ4n) is 1.31. The molecule has 1 heterocycles. The summed E-state index contributed by atoms with van der Waals surface area (Å²) in [5.74, 6) is -0.895. The lowest BCUT2D eigenvalue weighted by molar-refractivity contribution is -0.384. The fraction of sp³-hybridized carbons (Fsp3) is 0.200. The number of hydrogen-bond donors (Lipinski definition) is 0. The number of hydrogen-bond acceptors (Lipinski definition) is 6. The van der Waals surface area contributed by atoms with Gasteiger partial charge in [0.15, 0.2) is 5.58 Å². The number of ether oxygens (including phenoxy) is 1. The average molecular weight is 236 g/mol. The number of benzene rings is 1. The van der Waals surface area contributed by atoms with Crippen molar-refractivity contribution >= 4 is 22.8 Å². The van der Waals surface area contributed by atoms with Crippen LogP contribution in [-0.4, -0.2) is 22.5 Å². The van der Waals surface area contributed by atoms with Gasteiger partial charge in [0.2, 0.25) is 0 Å². The first-order chi connectivity index (χ1) is 8.11. The summed E-state index contributed by atoms with van der Waals surface area (Å²) in [4.78, 5) is 25.2. The minimum absolute atomic E-state index is 0.121. The van der Waals surface area contributed by atoms with Gasteiger partial charge in [0.1, 0.15) is 5.52 Å². The van der Waals surface area contributed by atoms with Gasteiger partial charge in [0.05, 0.1) is 17.6 Å². The smallest absolute Gasteiger partial charge is 0.394 e. The highest BCUT2D eigenvalue weighted by Gasteiger charge is 2.17. The molecule has 0 N–H and O–H groups in total. The number of rotatable bonds is 3. The van der Waals surface area contributed by atoms with Crippen LogP contribution in [0.25, 0.3) is 11.1 Å². The molecule has 88 valence electrons. The Morgan fingerprint density at radius 3 is 3.00 bits per heavy atom. The van der Waals surface area contributed by atoms with E-state index in [1.54, 1.807) is 6.92 Å². The van der Waals surface area contributed by atoms with Crippen LogP contribution in [0.4, 0.5) is 5.69 Å². The fourth-order valence-corrected chi connectivity index (χ4v) is 1.31. The number of nitrogens with zero attached hydrogens (tertiary/aromatic N) is 2. The van der Waals surface area contributed by atoms with E-state index < -0.39 is 10.9 Å². The zero-order chi connectivity index (χ0) is 12.4. The number of oxazole rings is 1. The van der Waals surface area contributed by atoms with Gasteiger partial charge in [-0.05, 0) is 13.0 Å². The zero-order valence-corrected chi connectivity index (χ0v) is 8.87. The summed E-state index contributed by atoms with van der Waals surface area (Å²) in [5.41, 5.74) is 0.435. The van der Waals surface area contributed by atoms with E-state index in [-0.39, 0.29) is 23.8 Å². The molecule has 1 aromatic carbocycles. The molecule has 0 saturated heterocycles. The van der Waals surface area contributed by atoms with Crippen molar-refractivity contribution in [3.63, 3.8) is 0 Å². The molecule has 1 aromatic heterocycles. The SMILES string of the molecule is CCOC(=O)c1nc2ccc([N+](=O)[O-])cc2o1. The van der Waals surface area contributed by atoms with Crippen LogP contribution in [0.1, 0.15) is 17.6 Å². The normalized spacial score (nSPS) is 10.4. The van der Waals surface area contributed by atoms with Crippen molar-refractivity contribution in [1.29, 1.82) is 0 Å². The van der Waals surface area contributed by atoms with Crippen LogP contribution >= 0.6 is 0 Å². The van der Waals surface area contributed by atoms with E-state index in [1.165, 1.54) is 18.2 Å². The van der Waals surface area contributed by atoms with Crippen molar-refractivity contribution in [3.8, 4) is 0 Å². The summed E-state index contributed by atoms with van der Waals surface area (Å²) in [6, 6.07) is 3.92. The molecule has 0 atom stereocenters. The van der Waals surface area contributed by atoms with Gasteiger partial charge in [-0.2, -0.15) is 0 Å². The van der Waals surface area contributed by atoms with Crippen LogP contribution in [0, 0.1) is 10.1 Å². The third kappa shape index (κ3) is 2.07. The third-order valence-corrected chi connectivity index (χ3v) is 2.03. The van der Waals surface area contributed by atoms with Crippen LogP contribution in [0.2, 0.25) is 0 Å². The molecule has 0 aliphatic heterocycles. The van der Waals surface area contributed by atoms with Gasteiger partial charge in [0, 0.05) is 6.07 Å². The lowest BCUT2D eigenvalue weighted by Crippen LogP contribution is -2.04. The Bertz CT molecular complexity index is 589. The Labute approximate surface area is 95.1 Å². The molecule has 0 saturated carbocycles. The molecule has 0 aliphatic rings. The second-order valence-electron chi connectivity index (χ2n) is 3.15. The highest BCUT2D eigenvalue weighted by atomic mass is 16.6. The summed E-state index contributed by atoms with van der Waals surface area (Å²) in [6.45, 7) is 1.86. The molecule has 7 heteroatoms. The molecule has 0 bridgehead atoms. The quantitative estimate of drug-likeness (QED) is 0.458. The highest BCUT2D eigenvalue weighted by Crippen LogP contribution is 2.21. The van der Waals surface area contributed by atoms with E-state index in [0.29, 0.717) is 5.52 Å². The standard InChI is InChI=1S/C10H8N2O5/c1-2-16-10(13)9-11-7-4-3-6(12(14)15)5-8(7)17-9/h3-5H,2H2,1H3. The minimum atomic E-state index is -0.689. The van der Waals surface area contributed by atoms with E-state index in [9.17, 15) is 14.9 Å². The number of carbonyl (C=O) groups excluding carboxylic acids is 1. The van der Waals surface area contributed by atoms with E-state index in [2.05, 4.69) is 4.98 Å². The van der Waals surface area contributed by atoms with E-state index in [4.69, 9.17) is 9.15 Å². The van der Waals surface area contributed by atoms with Gasteiger partial charge < -0.3 is 9.15 Å². The Balaban J connectivity index is 2.43. The van der Waals surface area contributed by atoms with Crippen molar-refractivity contribution < 1.29 is 18.9 Å². The van der Waals surface area contributed by atoms with E-state index >= 15 is 0 Å². The Morgan fingerprint density at radius 1 is 1.59 bits per heavy atom. The summed E-state index contributed by atoms with van der Waals surface area (Å²) in [5, 5.41) is 10.5. The number of non-ortho nitro benzene ring substituents is 1. The van der Waals surface area contributed by atoms with Crippen molar-refractivity contribution in [2.75, 3.05) is 6.61 Å². The molecule has 0 unspecified atom stereocenters. The molecule has 2 rings (SSSR count). The minimum Gasteiger partial charge on any atom is -0.459 e. The molecular weight excluding hydrogens is 228 g/mol. The predicted octanol–water partition coefficient (Wildman–Crippen LogP) is 1.91. The molecular formula is C10H8N2O5. The van der Waals surface area contributed by atoms with Gasteiger partial charge in [-0.3, -0.25) is 10.1 Å². The molecule has 0 aliphatic carbocycles. The van der Waals surface area contributed by atoms with Gasteiger partial charge in [-0.25, -0.2) is 9.78 Å². The van der Waals surface area contributed by atoms with E-state index in [0.717, 1.165) is 0 Å². The summed E-state index contributed by atoms with van der Waals surface area (Å²) in [7, 11) is 0. The largest absolute Gasteiger partial charge is 0.459 e. The molecule has 7 nitrogen and oxygen atoms in total. The monoisotopic (exact) mass is 236 g/mol. The third-order valence-electron chi connectivity index (χ3n) is 2.03. The van der Waals surface area contributed by atoms with Crippen LogP contribution in [0.15, 0.2) is 22.6 Å². The molecule has 0 fully saturated rings. The second kappa shape index (κ2) is 4.20. The van der Waals surface area contributed by atoms with Gasteiger partial charge in [-0.15, -0.1) is 0 Å². The number of nitro groups is 1.